The Morgan fingerprint density at radius 2 is 1.88 bits per heavy atom. The summed E-state index contributed by atoms with van der Waals surface area (Å²) in [5.41, 5.74) is 2.77. The summed E-state index contributed by atoms with van der Waals surface area (Å²) in [6, 6.07) is 9.89. The van der Waals surface area contributed by atoms with Crippen LogP contribution in [0.1, 0.15) is 5.56 Å². The predicted octanol–water partition coefficient (Wildman–Crippen LogP) is 2.70. The molecule has 0 saturated heterocycles. The summed E-state index contributed by atoms with van der Waals surface area (Å²) in [6.45, 7) is -0.211. The zero-order valence-electron chi connectivity index (χ0n) is 13.7. The van der Waals surface area contributed by atoms with E-state index in [-0.39, 0.29) is 12.4 Å². The molecule has 0 aliphatic carbocycles. The number of nitrogens with zero attached hydrogens (tertiary/aromatic N) is 1. The van der Waals surface area contributed by atoms with E-state index in [0.717, 1.165) is 0 Å². The largest absolute Gasteiger partial charge is 0.507 e. The molecule has 0 radical (unpaired) electrons. The zero-order chi connectivity index (χ0) is 18.2. The summed E-state index contributed by atoms with van der Waals surface area (Å²) < 4.78 is 16.1. The van der Waals surface area contributed by atoms with Crippen molar-refractivity contribution in [2.45, 2.75) is 0 Å². The van der Waals surface area contributed by atoms with Gasteiger partial charge in [-0.3, -0.25) is 4.79 Å². The van der Waals surface area contributed by atoms with Crippen LogP contribution in [0.2, 0.25) is 0 Å². The van der Waals surface area contributed by atoms with Crippen molar-refractivity contribution >= 4 is 28.1 Å². The molecule has 2 N–H and O–H groups in total. The number of hydrazone groups is 1. The van der Waals surface area contributed by atoms with Crippen LogP contribution in [0.15, 0.2) is 46.0 Å². The molecule has 25 heavy (non-hydrogen) atoms. The maximum atomic E-state index is 11.8. The normalized spacial score (nSPS) is 10.5. The number of methoxy groups -OCH3 is 2. The second-order valence-corrected chi connectivity index (χ2v) is 5.66. The number of hydrogen-bond acceptors (Lipinski definition) is 6. The highest BCUT2D eigenvalue weighted by Gasteiger charge is 2.06. The van der Waals surface area contributed by atoms with Gasteiger partial charge in [-0.15, -0.1) is 0 Å². The second-order valence-electron chi connectivity index (χ2n) is 4.80. The molecule has 0 aliphatic heterocycles. The van der Waals surface area contributed by atoms with Gasteiger partial charge < -0.3 is 19.3 Å². The summed E-state index contributed by atoms with van der Waals surface area (Å²) in [4.78, 5) is 11.8. The minimum absolute atomic E-state index is 0.00392. The van der Waals surface area contributed by atoms with Crippen LogP contribution in [0, 0.1) is 0 Å². The van der Waals surface area contributed by atoms with E-state index < -0.39 is 5.91 Å². The molecule has 0 aromatic heterocycles. The number of amides is 1. The molecule has 0 saturated carbocycles. The summed E-state index contributed by atoms with van der Waals surface area (Å²) >= 11 is 3.34. The quantitative estimate of drug-likeness (QED) is 0.542. The van der Waals surface area contributed by atoms with E-state index in [2.05, 4.69) is 26.5 Å². The van der Waals surface area contributed by atoms with Gasteiger partial charge in [0.05, 0.1) is 24.9 Å². The predicted molar refractivity (Wildman–Crippen MR) is 96.6 cm³/mol. The highest BCUT2D eigenvalue weighted by molar-refractivity contribution is 9.10. The lowest BCUT2D eigenvalue weighted by Crippen LogP contribution is -2.24. The molecule has 132 valence electrons. The Labute approximate surface area is 153 Å². The van der Waals surface area contributed by atoms with Gasteiger partial charge in [-0.2, -0.15) is 5.10 Å². The Morgan fingerprint density at radius 1 is 1.20 bits per heavy atom. The summed E-state index contributed by atoms with van der Waals surface area (Å²) in [5.74, 6) is 1.26. The van der Waals surface area contributed by atoms with E-state index in [9.17, 15) is 9.90 Å². The van der Waals surface area contributed by atoms with E-state index in [0.29, 0.717) is 27.3 Å². The Morgan fingerprint density at radius 3 is 2.52 bits per heavy atom. The van der Waals surface area contributed by atoms with Gasteiger partial charge in [0, 0.05) is 11.6 Å². The van der Waals surface area contributed by atoms with Crippen LogP contribution in [0.4, 0.5) is 0 Å². The number of hydrogen-bond donors (Lipinski definition) is 2. The smallest absolute Gasteiger partial charge is 0.277 e. The van der Waals surface area contributed by atoms with Gasteiger partial charge in [-0.1, -0.05) is 0 Å². The highest BCUT2D eigenvalue weighted by atomic mass is 79.9. The fourth-order valence-corrected chi connectivity index (χ4v) is 2.31. The third-order valence-electron chi connectivity index (χ3n) is 3.13. The SMILES string of the molecule is COc1ccc(/C=N/NC(=O)COc2ccc(OC)cc2Br)c(O)c1. The van der Waals surface area contributed by atoms with Crippen LogP contribution in [0.25, 0.3) is 0 Å². The van der Waals surface area contributed by atoms with Gasteiger partial charge in [-0.05, 0) is 46.3 Å². The summed E-state index contributed by atoms with van der Waals surface area (Å²) in [7, 11) is 3.07. The van der Waals surface area contributed by atoms with Crippen molar-refractivity contribution in [2.75, 3.05) is 20.8 Å². The molecule has 2 rings (SSSR count). The average Bonchev–Trinajstić information content (AvgIpc) is 2.61. The van der Waals surface area contributed by atoms with Crippen LogP contribution in [-0.2, 0) is 4.79 Å². The van der Waals surface area contributed by atoms with Gasteiger partial charge in [0.15, 0.2) is 6.61 Å². The Hall–Kier alpha value is -2.74. The molecule has 2 aromatic rings. The fourth-order valence-electron chi connectivity index (χ4n) is 1.83. The zero-order valence-corrected chi connectivity index (χ0v) is 15.2. The minimum Gasteiger partial charge on any atom is -0.507 e. The molecule has 1 amide bonds. The molecular weight excluding hydrogens is 392 g/mol. The lowest BCUT2D eigenvalue weighted by molar-refractivity contribution is -0.123. The molecule has 0 aliphatic rings. The lowest BCUT2D eigenvalue weighted by atomic mass is 10.2. The minimum atomic E-state index is -0.438. The lowest BCUT2D eigenvalue weighted by Gasteiger charge is -2.08. The van der Waals surface area contributed by atoms with Crippen LogP contribution >= 0.6 is 15.9 Å². The Bertz CT molecular complexity index is 780. The molecular formula is C17H17BrN2O5. The van der Waals surface area contributed by atoms with E-state index in [1.165, 1.54) is 19.4 Å². The number of ether oxygens (including phenoxy) is 3. The van der Waals surface area contributed by atoms with Gasteiger partial charge in [0.25, 0.3) is 5.91 Å². The molecule has 0 spiro atoms. The molecule has 0 unspecified atom stereocenters. The Balaban J connectivity index is 1.86. The van der Waals surface area contributed by atoms with Gasteiger partial charge in [-0.25, -0.2) is 5.43 Å². The average molecular weight is 409 g/mol. The molecule has 2 aromatic carbocycles. The molecule has 8 heteroatoms. The van der Waals surface area contributed by atoms with Crippen molar-refractivity contribution < 1.29 is 24.1 Å². The Kier molecular flexibility index (Phi) is 6.64. The number of halogens is 1. The van der Waals surface area contributed by atoms with Gasteiger partial charge in [0.1, 0.15) is 23.0 Å². The molecule has 0 bridgehead atoms. The van der Waals surface area contributed by atoms with Crippen LogP contribution in [0.3, 0.4) is 0 Å². The van der Waals surface area contributed by atoms with Crippen LogP contribution < -0.4 is 19.6 Å². The van der Waals surface area contributed by atoms with Gasteiger partial charge in [0.2, 0.25) is 0 Å². The van der Waals surface area contributed by atoms with Crippen LogP contribution in [-0.4, -0.2) is 38.1 Å². The highest BCUT2D eigenvalue weighted by Crippen LogP contribution is 2.29. The van der Waals surface area contributed by atoms with Crippen molar-refractivity contribution in [3.05, 3.63) is 46.4 Å². The maximum absolute atomic E-state index is 11.8. The van der Waals surface area contributed by atoms with Crippen molar-refractivity contribution in [2.24, 2.45) is 5.10 Å². The number of phenolic OH excluding ortho intramolecular Hbond substituents is 1. The first-order chi connectivity index (χ1) is 12.0. The molecule has 7 nitrogen and oxygen atoms in total. The van der Waals surface area contributed by atoms with Crippen molar-refractivity contribution in [3.8, 4) is 23.0 Å². The monoisotopic (exact) mass is 408 g/mol. The van der Waals surface area contributed by atoms with Crippen molar-refractivity contribution in [3.63, 3.8) is 0 Å². The fraction of sp³-hybridized carbons (Fsp3) is 0.176. The number of carbonyl (C=O) groups is 1. The molecule has 0 heterocycles. The second kappa shape index (κ2) is 8.93. The number of rotatable bonds is 7. The first-order valence-corrected chi connectivity index (χ1v) is 7.98. The van der Waals surface area contributed by atoms with E-state index in [1.54, 1.807) is 37.4 Å². The van der Waals surface area contributed by atoms with Crippen molar-refractivity contribution in [1.82, 2.24) is 5.43 Å². The van der Waals surface area contributed by atoms with E-state index >= 15 is 0 Å². The number of phenols is 1. The summed E-state index contributed by atoms with van der Waals surface area (Å²) in [5, 5.41) is 13.6. The number of benzene rings is 2. The topological polar surface area (TPSA) is 89.4 Å². The van der Waals surface area contributed by atoms with E-state index in [1.807, 2.05) is 0 Å². The third-order valence-corrected chi connectivity index (χ3v) is 3.75. The number of aromatic hydroxyl groups is 1. The summed E-state index contributed by atoms with van der Waals surface area (Å²) in [6.07, 6.45) is 1.33. The molecule has 0 fully saturated rings. The number of nitrogens with one attached hydrogen (secondary N) is 1. The van der Waals surface area contributed by atoms with Crippen molar-refractivity contribution in [1.29, 1.82) is 0 Å². The first kappa shape index (κ1) is 18.6. The first-order valence-electron chi connectivity index (χ1n) is 7.18. The molecule has 0 atom stereocenters. The van der Waals surface area contributed by atoms with Gasteiger partial charge >= 0.3 is 0 Å². The van der Waals surface area contributed by atoms with Crippen LogP contribution in [0.5, 0.6) is 23.0 Å². The number of carbonyl (C=O) groups excluding carboxylic acids is 1. The van der Waals surface area contributed by atoms with E-state index in [4.69, 9.17) is 14.2 Å². The third kappa shape index (κ3) is 5.39. The maximum Gasteiger partial charge on any atom is 0.277 e. The standard InChI is InChI=1S/C17H17BrN2O5/c1-23-12-5-6-16(14(18)7-12)25-10-17(22)20-19-9-11-3-4-13(24-2)8-15(11)21/h3-9,21H,10H2,1-2H3,(H,20,22)/b19-9+.